The normalized spacial score (nSPS) is 15.6. The van der Waals surface area contributed by atoms with Crippen LogP contribution in [-0.4, -0.2) is 56.9 Å². The van der Waals surface area contributed by atoms with E-state index in [2.05, 4.69) is 20.2 Å². The Labute approximate surface area is 173 Å². The molecular weight excluding hydrogens is 386 g/mol. The van der Waals surface area contributed by atoms with Crippen molar-refractivity contribution in [2.24, 2.45) is 7.05 Å². The van der Waals surface area contributed by atoms with E-state index in [1.165, 1.54) is 7.11 Å². The van der Waals surface area contributed by atoms with E-state index in [0.717, 1.165) is 5.69 Å². The minimum atomic E-state index is -1.08. The number of methoxy groups -OCH3 is 1. The number of nitrogens with zero attached hydrogens (tertiary/aromatic N) is 5. The van der Waals surface area contributed by atoms with Crippen LogP contribution in [-0.2, 0) is 16.6 Å². The van der Waals surface area contributed by atoms with Crippen LogP contribution in [0.4, 0.5) is 5.69 Å². The molecule has 0 saturated carbocycles. The first kappa shape index (κ1) is 19.7. The lowest BCUT2D eigenvalue weighted by Gasteiger charge is -2.39. The molecule has 1 aliphatic heterocycles. The van der Waals surface area contributed by atoms with Crippen molar-refractivity contribution in [2.45, 2.75) is 18.4 Å². The maximum Gasteiger partial charge on any atom is 0.350 e. The van der Waals surface area contributed by atoms with Crippen LogP contribution < -0.4 is 9.64 Å². The van der Waals surface area contributed by atoms with E-state index in [0.29, 0.717) is 43.1 Å². The Kier molecular flexibility index (Phi) is 5.26. The lowest BCUT2D eigenvalue weighted by Crippen LogP contribution is -2.54. The highest BCUT2D eigenvalue weighted by Crippen LogP contribution is 2.33. The lowest BCUT2D eigenvalue weighted by atomic mass is 9.90. The number of aromatic nitrogens is 4. The van der Waals surface area contributed by atoms with Crippen LogP contribution in [0.25, 0.3) is 11.3 Å². The number of ether oxygens (including phenoxy) is 2. The van der Waals surface area contributed by atoms with Gasteiger partial charge in [0.1, 0.15) is 5.75 Å². The van der Waals surface area contributed by atoms with E-state index in [-0.39, 0.29) is 5.75 Å². The van der Waals surface area contributed by atoms with Crippen LogP contribution in [0.15, 0.2) is 48.8 Å². The van der Waals surface area contributed by atoms with Crippen molar-refractivity contribution in [1.29, 1.82) is 0 Å². The second kappa shape index (κ2) is 8.02. The van der Waals surface area contributed by atoms with Crippen molar-refractivity contribution in [3.05, 3.63) is 48.8 Å². The number of esters is 1. The number of carbonyl (C=O) groups is 1. The summed E-state index contributed by atoms with van der Waals surface area (Å²) in [6, 6.07) is 10.6. The smallest absolute Gasteiger partial charge is 0.350 e. The Morgan fingerprint density at radius 2 is 1.97 bits per heavy atom. The molecular formula is C21H23N5O4. The largest absolute Gasteiger partial charge is 0.507 e. The Balaban J connectivity index is 1.53. The van der Waals surface area contributed by atoms with Crippen molar-refractivity contribution in [1.82, 2.24) is 20.0 Å². The number of hydrogen-bond acceptors (Lipinski definition) is 8. The maximum absolute atomic E-state index is 12.6. The third-order valence-electron chi connectivity index (χ3n) is 5.30. The summed E-state index contributed by atoms with van der Waals surface area (Å²) in [6.07, 6.45) is 4.31. The van der Waals surface area contributed by atoms with Gasteiger partial charge in [-0.05, 0) is 18.2 Å². The van der Waals surface area contributed by atoms with Gasteiger partial charge < -0.3 is 19.5 Å². The fourth-order valence-electron chi connectivity index (χ4n) is 3.66. The number of aromatic hydroxyl groups is 1. The maximum atomic E-state index is 12.6. The van der Waals surface area contributed by atoms with Gasteiger partial charge in [-0.2, -0.15) is 10.2 Å². The number of benzene rings is 1. The van der Waals surface area contributed by atoms with Gasteiger partial charge in [-0.1, -0.05) is 12.1 Å². The predicted octanol–water partition coefficient (Wildman–Crippen LogP) is 2.17. The Morgan fingerprint density at radius 1 is 1.20 bits per heavy atom. The Morgan fingerprint density at radius 3 is 2.63 bits per heavy atom. The van der Waals surface area contributed by atoms with E-state index < -0.39 is 11.6 Å². The number of phenols is 1. The molecule has 156 valence electrons. The summed E-state index contributed by atoms with van der Waals surface area (Å²) in [6.45, 7) is 1.13. The van der Waals surface area contributed by atoms with E-state index in [1.54, 1.807) is 48.4 Å². The first-order valence-corrected chi connectivity index (χ1v) is 9.64. The van der Waals surface area contributed by atoms with Crippen LogP contribution in [0.5, 0.6) is 11.6 Å². The topological polar surface area (TPSA) is 103 Å². The highest BCUT2D eigenvalue weighted by Gasteiger charge is 2.45. The van der Waals surface area contributed by atoms with Gasteiger partial charge >= 0.3 is 5.97 Å². The van der Waals surface area contributed by atoms with Gasteiger partial charge in [0.2, 0.25) is 11.5 Å². The molecule has 1 fully saturated rings. The second-order valence-corrected chi connectivity index (χ2v) is 7.22. The first-order valence-electron chi connectivity index (χ1n) is 9.64. The first-order chi connectivity index (χ1) is 14.5. The highest BCUT2D eigenvalue weighted by molar-refractivity contribution is 5.80. The number of para-hydroxylation sites is 1. The van der Waals surface area contributed by atoms with Crippen LogP contribution in [0.3, 0.4) is 0 Å². The molecule has 0 spiro atoms. The minimum absolute atomic E-state index is 0.149. The zero-order chi connectivity index (χ0) is 21.1. The van der Waals surface area contributed by atoms with E-state index in [1.807, 2.05) is 12.1 Å². The molecule has 3 aromatic rings. The molecule has 1 aliphatic rings. The number of phenolic OH excluding ortho intramolecular Hbond substituents is 1. The van der Waals surface area contributed by atoms with Crippen molar-refractivity contribution < 1.29 is 19.4 Å². The number of aryl methyl sites for hydroxylation is 1. The van der Waals surface area contributed by atoms with Crippen molar-refractivity contribution >= 4 is 11.7 Å². The average Bonchev–Trinajstić information content (AvgIpc) is 3.18. The standard InChI is InChI=1S/C21H23N5O4/c1-25-10-7-19(24-25)30-21(20(28)29-2)8-11-26(12-9-21)15-13-17(23-22-14-15)16-5-3-4-6-18(16)27/h3-7,10,13-14,27H,8-9,11-12H2,1-2H3. The van der Waals surface area contributed by atoms with Gasteiger partial charge in [-0.3, -0.25) is 4.68 Å². The van der Waals surface area contributed by atoms with Gasteiger partial charge in [0.05, 0.1) is 24.7 Å². The molecule has 30 heavy (non-hydrogen) atoms. The quantitative estimate of drug-likeness (QED) is 0.640. The van der Waals surface area contributed by atoms with Crippen LogP contribution in [0, 0.1) is 0 Å². The number of hydrogen-bond donors (Lipinski definition) is 1. The van der Waals surface area contributed by atoms with Crippen molar-refractivity contribution in [2.75, 3.05) is 25.1 Å². The lowest BCUT2D eigenvalue weighted by molar-refractivity contribution is -0.161. The van der Waals surface area contributed by atoms with Gasteiger partial charge in [0.15, 0.2) is 0 Å². The van der Waals surface area contributed by atoms with E-state index in [9.17, 15) is 9.90 Å². The Bertz CT molecular complexity index is 1040. The molecule has 1 N–H and O–H groups in total. The average molecular weight is 409 g/mol. The van der Waals surface area contributed by atoms with Crippen LogP contribution in [0.1, 0.15) is 12.8 Å². The summed E-state index contributed by atoms with van der Waals surface area (Å²) < 4.78 is 12.7. The summed E-state index contributed by atoms with van der Waals surface area (Å²) in [5.41, 5.74) is 0.978. The molecule has 0 atom stereocenters. The van der Waals surface area contributed by atoms with E-state index >= 15 is 0 Å². The molecule has 0 amide bonds. The summed E-state index contributed by atoms with van der Waals surface area (Å²) in [5.74, 6) is 0.135. The third-order valence-corrected chi connectivity index (χ3v) is 5.30. The summed E-state index contributed by atoms with van der Waals surface area (Å²) in [4.78, 5) is 14.7. The zero-order valence-electron chi connectivity index (χ0n) is 16.9. The van der Waals surface area contributed by atoms with Crippen molar-refractivity contribution in [3.63, 3.8) is 0 Å². The molecule has 0 radical (unpaired) electrons. The number of rotatable bonds is 5. The van der Waals surface area contributed by atoms with Gasteiger partial charge in [0.25, 0.3) is 0 Å². The molecule has 9 nitrogen and oxygen atoms in total. The predicted molar refractivity (Wildman–Crippen MR) is 109 cm³/mol. The number of piperidine rings is 1. The molecule has 2 aromatic heterocycles. The summed E-state index contributed by atoms with van der Waals surface area (Å²) in [7, 11) is 3.16. The van der Waals surface area contributed by atoms with Crippen LogP contribution >= 0.6 is 0 Å². The third kappa shape index (κ3) is 3.78. The van der Waals surface area contributed by atoms with Gasteiger partial charge in [-0.25, -0.2) is 4.79 Å². The second-order valence-electron chi connectivity index (χ2n) is 7.22. The van der Waals surface area contributed by atoms with Gasteiger partial charge in [-0.15, -0.1) is 5.10 Å². The van der Waals surface area contributed by atoms with Gasteiger partial charge in [0, 0.05) is 50.8 Å². The SMILES string of the molecule is COC(=O)C1(Oc2ccn(C)n2)CCN(c2cnnc(-c3ccccc3O)c2)CC1. The molecule has 1 saturated heterocycles. The van der Waals surface area contributed by atoms with Crippen LogP contribution in [0.2, 0.25) is 0 Å². The highest BCUT2D eigenvalue weighted by atomic mass is 16.6. The number of anilines is 1. The zero-order valence-corrected chi connectivity index (χ0v) is 16.9. The molecule has 4 rings (SSSR count). The monoisotopic (exact) mass is 409 g/mol. The summed E-state index contributed by atoms with van der Waals surface area (Å²) in [5, 5.41) is 22.6. The fourth-order valence-corrected chi connectivity index (χ4v) is 3.66. The molecule has 0 unspecified atom stereocenters. The molecule has 3 heterocycles. The molecule has 0 aliphatic carbocycles. The molecule has 9 heteroatoms. The summed E-state index contributed by atoms with van der Waals surface area (Å²) >= 11 is 0. The minimum Gasteiger partial charge on any atom is -0.507 e. The fraction of sp³-hybridized carbons (Fsp3) is 0.333. The van der Waals surface area contributed by atoms with Crippen molar-refractivity contribution in [3.8, 4) is 22.9 Å². The van der Waals surface area contributed by atoms with E-state index in [4.69, 9.17) is 9.47 Å². The molecule has 0 bridgehead atoms. The number of carbonyl (C=O) groups excluding carboxylic acids is 1. The Hall–Kier alpha value is -3.62. The molecule has 1 aromatic carbocycles.